The normalized spacial score (nSPS) is 20.0. The number of benzene rings is 1. The first-order chi connectivity index (χ1) is 11.5. The molecule has 0 radical (unpaired) electrons. The molecule has 2 rings (SSSR count). The van der Waals surface area contributed by atoms with Gasteiger partial charge in [0.15, 0.2) is 0 Å². The van der Waals surface area contributed by atoms with E-state index in [0.29, 0.717) is 19.7 Å². The Labute approximate surface area is 142 Å². The first-order valence-corrected chi connectivity index (χ1v) is 8.01. The Bertz CT molecular complexity index is 561. The second-order valence-corrected chi connectivity index (χ2v) is 6.02. The molecule has 0 bridgehead atoms. The molecular weight excluding hydrogens is 310 g/mol. The Hall–Kier alpha value is -2.12. The van der Waals surface area contributed by atoms with Crippen LogP contribution in [0.5, 0.6) is 0 Å². The monoisotopic (exact) mass is 335 g/mol. The van der Waals surface area contributed by atoms with E-state index in [4.69, 9.17) is 4.74 Å². The van der Waals surface area contributed by atoms with Gasteiger partial charge in [-0.05, 0) is 11.1 Å². The average Bonchev–Trinajstić information content (AvgIpc) is 2.95. The molecule has 1 saturated heterocycles. The van der Waals surface area contributed by atoms with E-state index in [-0.39, 0.29) is 30.8 Å². The largest absolute Gasteiger partial charge is 0.391 e. The van der Waals surface area contributed by atoms with Crippen molar-refractivity contribution in [1.82, 2.24) is 15.5 Å². The number of carbonyl (C=O) groups excluding carboxylic acids is 2. The number of carbonyl (C=O) groups is 2. The van der Waals surface area contributed by atoms with Gasteiger partial charge in [-0.25, -0.2) is 4.79 Å². The predicted octanol–water partition coefficient (Wildman–Crippen LogP) is 0.471. The third-order valence-corrected chi connectivity index (χ3v) is 4.20. The number of methoxy groups -OCH3 is 1. The van der Waals surface area contributed by atoms with E-state index in [1.807, 2.05) is 24.3 Å². The molecular formula is C17H25N3O4. The molecule has 1 heterocycles. The zero-order valence-electron chi connectivity index (χ0n) is 14.1. The van der Waals surface area contributed by atoms with Gasteiger partial charge in [0, 0.05) is 46.1 Å². The molecule has 0 aromatic heterocycles. The molecule has 0 spiro atoms. The van der Waals surface area contributed by atoms with Crippen molar-refractivity contribution < 1.29 is 19.4 Å². The van der Waals surface area contributed by atoms with Crippen LogP contribution in [-0.4, -0.2) is 55.3 Å². The highest BCUT2D eigenvalue weighted by molar-refractivity contribution is 5.77. The van der Waals surface area contributed by atoms with Crippen molar-refractivity contribution in [3.05, 3.63) is 35.4 Å². The van der Waals surface area contributed by atoms with Crippen molar-refractivity contribution in [1.29, 1.82) is 0 Å². The molecule has 1 aliphatic rings. The second-order valence-electron chi connectivity index (χ2n) is 6.02. The Morgan fingerprint density at radius 2 is 1.92 bits per heavy atom. The first kappa shape index (κ1) is 18.2. The maximum Gasteiger partial charge on any atom is 0.317 e. The smallest absolute Gasteiger partial charge is 0.317 e. The highest BCUT2D eigenvalue weighted by atomic mass is 16.5. The van der Waals surface area contributed by atoms with Crippen LogP contribution in [0.2, 0.25) is 0 Å². The molecule has 1 aromatic carbocycles. The summed E-state index contributed by atoms with van der Waals surface area (Å²) in [5.74, 6) is -0.346. The minimum atomic E-state index is -0.665. The maximum absolute atomic E-state index is 12.2. The number of likely N-dealkylation sites (tertiary alicyclic amines) is 1. The summed E-state index contributed by atoms with van der Waals surface area (Å²) in [5, 5.41) is 15.4. The fourth-order valence-electron chi connectivity index (χ4n) is 2.77. The number of rotatable bonds is 6. The minimum absolute atomic E-state index is 0.127. The van der Waals surface area contributed by atoms with Crippen molar-refractivity contribution in [2.75, 3.05) is 27.2 Å². The summed E-state index contributed by atoms with van der Waals surface area (Å²) in [5.41, 5.74) is 2.07. The zero-order valence-corrected chi connectivity index (χ0v) is 14.1. The molecule has 1 fully saturated rings. The van der Waals surface area contributed by atoms with Gasteiger partial charge in [-0.3, -0.25) is 4.79 Å². The van der Waals surface area contributed by atoms with Crippen molar-refractivity contribution in [3.63, 3.8) is 0 Å². The Morgan fingerprint density at radius 1 is 1.25 bits per heavy atom. The number of β-amino-alcohol motifs (C(OH)–C–C–N with tert-alkyl or cyclic N) is 1. The van der Waals surface area contributed by atoms with Gasteiger partial charge >= 0.3 is 6.03 Å². The van der Waals surface area contributed by atoms with E-state index in [2.05, 4.69) is 10.6 Å². The van der Waals surface area contributed by atoms with Crippen LogP contribution in [0.15, 0.2) is 24.3 Å². The molecule has 0 unspecified atom stereocenters. The van der Waals surface area contributed by atoms with Gasteiger partial charge in [0.2, 0.25) is 5.91 Å². The minimum Gasteiger partial charge on any atom is -0.391 e. The first-order valence-electron chi connectivity index (χ1n) is 8.01. The second kappa shape index (κ2) is 8.65. The van der Waals surface area contributed by atoms with Crippen LogP contribution in [0.25, 0.3) is 0 Å². The maximum atomic E-state index is 12.2. The molecule has 3 amide bonds. The van der Waals surface area contributed by atoms with Crippen molar-refractivity contribution in [2.24, 2.45) is 5.92 Å². The van der Waals surface area contributed by atoms with Gasteiger partial charge in [-0.2, -0.15) is 0 Å². The number of aliphatic hydroxyl groups excluding tert-OH is 1. The average molecular weight is 335 g/mol. The molecule has 132 valence electrons. The number of aliphatic hydroxyl groups is 1. The number of hydrogen-bond acceptors (Lipinski definition) is 4. The van der Waals surface area contributed by atoms with Crippen LogP contribution >= 0.6 is 0 Å². The Morgan fingerprint density at radius 3 is 2.54 bits per heavy atom. The molecule has 1 aromatic rings. The quantitative estimate of drug-likeness (QED) is 0.705. The van der Waals surface area contributed by atoms with Crippen LogP contribution < -0.4 is 10.6 Å². The lowest BCUT2D eigenvalue weighted by molar-refractivity contribution is -0.122. The van der Waals surface area contributed by atoms with Gasteiger partial charge in [-0.1, -0.05) is 24.3 Å². The number of hydrogen-bond donors (Lipinski definition) is 3. The van der Waals surface area contributed by atoms with Gasteiger partial charge < -0.3 is 25.4 Å². The number of nitrogens with one attached hydrogen (secondary N) is 2. The summed E-state index contributed by atoms with van der Waals surface area (Å²) in [7, 11) is 3.21. The Kier molecular flexibility index (Phi) is 6.57. The van der Waals surface area contributed by atoms with Crippen molar-refractivity contribution in [3.8, 4) is 0 Å². The third kappa shape index (κ3) is 4.94. The standard InChI is InChI=1S/C17H25N3O4/c1-18-16(22)7-14-9-20(10-15(14)21)17(23)19-8-12-3-5-13(6-4-12)11-24-2/h3-6,14-15,21H,7-11H2,1-2H3,(H,18,22)(H,19,23)/t14-,15-/m1/s1. The summed E-state index contributed by atoms with van der Waals surface area (Å²) in [6.45, 7) is 1.61. The van der Waals surface area contributed by atoms with E-state index >= 15 is 0 Å². The van der Waals surface area contributed by atoms with E-state index in [0.717, 1.165) is 11.1 Å². The van der Waals surface area contributed by atoms with Gasteiger partial charge in [0.05, 0.1) is 12.7 Å². The number of amides is 3. The van der Waals surface area contributed by atoms with E-state index in [9.17, 15) is 14.7 Å². The fourth-order valence-corrected chi connectivity index (χ4v) is 2.77. The Balaban J connectivity index is 1.81. The summed E-state index contributed by atoms with van der Waals surface area (Å²) in [6.07, 6.45) is -0.441. The molecule has 24 heavy (non-hydrogen) atoms. The molecule has 0 aliphatic carbocycles. The zero-order chi connectivity index (χ0) is 17.5. The predicted molar refractivity (Wildman–Crippen MR) is 89.1 cm³/mol. The van der Waals surface area contributed by atoms with Crippen LogP contribution in [0, 0.1) is 5.92 Å². The highest BCUT2D eigenvalue weighted by Gasteiger charge is 2.34. The molecule has 7 nitrogen and oxygen atoms in total. The summed E-state index contributed by atoms with van der Waals surface area (Å²) < 4.78 is 5.06. The fraction of sp³-hybridized carbons (Fsp3) is 0.529. The highest BCUT2D eigenvalue weighted by Crippen LogP contribution is 2.20. The number of nitrogens with zero attached hydrogens (tertiary/aromatic N) is 1. The summed E-state index contributed by atoms with van der Waals surface area (Å²) >= 11 is 0. The van der Waals surface area contributed by atoms with E-state index in [1.165, 1.54) is 0 Å². The number of ether oxygens (including phenoxy) is 1. The van der Waals surface area contributed by atoms with Crippen molar-refractivity contribution in [2.45, 2.75) is 25.7 Å². The van der Waals surface area contributed by atoms with Crippen LogP contribution in [0.3, 0.4) is 0 Å². The van der Waals surface area contributed by atoms with Gasteiger partial charge in [-0.15, -0.1) is 0 Å². The van der Waals surface area contributed by atoms with Gasteiger partial charge in [0.1, 0.15) is 0 Å². The number of urea groups is 1. The van der Waals surface area contributed by atoms with Crippen LogP contribution in [0.1, 0.15) is 17.5 Å². The molecule has 1 aliphatic heterocycles. The third-order valence-electron chi connectivity index (χ3n) is 4.20. The van der Waals surface area contributed by atoms with Gasteiger partial charge in [0.25, 0.3) is 0 Å². The van der Waals surface area contributed by atoms with Crippen LogP contribution in [0.4, 0.5) is 4.79 Å². The molecule has 2 atom stereocenters. The topological polar surface area (TPSA) is 90.9 Å². The lowest BCUT2D eigenvalue weighted by atomic mass is 10.0. The SMILES string of the molecule is CNC(=O)C[C@@H]1CN(C(=O)NCc2ccc(COC)cc2)C[C@H]1O. The van der Waals surface area contributed by atoms with E-state index < -0.39 is 6.10 Å². The summed E-state index contributed by atoms with van der Waals surface area (Å²) in [6, 6.07) is 7.59. The molecule has 0 saturated carbocycles. The lowest BCUT2D eigenvalue weighted by Crippen LogP contribution is -2.38. The molecule has 7 heteroatoms. The summed E-state index contributed by atoms with van der Waals surface area (Å²) in [4.78, 5) is 25.2. The lowest BCUT2D eigenvalue weighted by Gasteiger charge is -2.17. The van der Waals surface area contributed by atoms with Crippen molar-refractivity contribution >= 4 is 11.9 Å². The van der Waals surface area contributed by atoms with Crippen LogP contribution in [-0.2, 0) is 22.7 Å². The molecule has 3 N–H and O–H groups in total. The van der Waals surface area contributed by atoms with E-state index in [1.54, 1.807) is 19.1 Å².